The van der Waals surface area contributed by atoms with E-state index < -0.39 is 0 Å². The van der Waals surface area contributed by atoms with Gasteiger partial charge in [-0.1, -0.05) is 35.5 Å². The average molecular weight is 333 g/mol. The van der Waals surface area contributed by atoms with Crippen molar-refractivity contribution >= 4 is 0 Å². The van der Waals surface area contributed by atoms with Crippen LogP contribution in [0.25, 0.3) is 22.8 Å². The standard InChI is InChI=1S/C18H15N5O2/c1-23-16(12-24-14-8-5-9-19-10-14)15(11-20-23)18-21-17(22-25-18)13-6-3-2-4-7-13/h2-11H,12H2,1H3. The number of aromatic nitrogens is 5. The first-order valence-electron chi connectivity index (χ1n) is 7.74. The van der Waals surface area contributed by atoms with E-state index in [4.69, 9.17) is 9.26 Å². The molecule has 0 bridgehead atoms. The maximum atomic E-state index is 5.77. The molecule has 0 atom stereocenters. The SMILES string of the molecule is Cn1ncc(-c2nc(-c3ccccc3)no2)c1COc1cccnc1. The molecule has 0 aliphatic rings. The van der Waals surface area contributed by atoms with Crippen molar-refractivity contribution in [1.29, 1.82) is 0 Å². The highest BCUT2D eigenvalue weighted by Crippen LogP contribution is 2.25. The first-order chi connectivity index (χ1) is 12.3. The number of ether oxygens (including phenoxy) is 1. The fourth-order valence-electron chi connectivity index (χ4n) is 2.43. The Bertz CT molecular complexity index is 964. The van der Waals surface area contributed by atoms with Crippen molar-refractivity contribution in [2.24, 2.45) is 7.05 Å². The highest BCUT2D eigenvalue weighted by Gasteiger charge is 2.18. The van der Waals surface area contributed by atoms with Crippen LogP contribution in [-0.4, -0.2) is 24.9 Å². The van der Waals surface area contributed by atoms with Gasteiger partial charge in [-0.25, -0.2) is 0 Å². The minimum Gasteiger partial charge on any atom is -0.486 e. The molecule has 0 fully saturated rings. The Kier molecular flexibility index (Phi) is 3.96. The monoisotopic (exact) mass is 333 g/mol. The number of pyridine rings is 1. The van der Waals surface area contributed by atoms with E-state index in [0.29, 0.717) is 24.1 Å². The average Bonchev–Trinajstić information content (AvgIpc) is 3.28. The molecule has 4 rings (SSSR count). The Morgan fingerprint density at radius 2 is 1.96 bits per heavy atom. The van der Waals surface area contributed by atoms with Crippen LogP contribution in [-0.2, 0) is 13.7 Å². The predicted molar refractivity (Wildman–Crippen MR) is 90.5 cm³/mol. The van der Waals surface area contributed by atoms with E-state index in [1.807, 2.05) is 49.5 Å². The van der Waals surface area contributed by atoms with Gasteiger partial charge in [-0.05, 0) is 12.1 Å². The summed E-state index contributed by atoms with van der Waals surface area (Å²) in [5.41, 5.74) is 2.49. The Morgan fingerprint density at radius 1 is 1.08 bits per heavy atom. The van der Waals surface area contributed by atoms with Gasteiger partial charge >= 0.3 is 0 Å². The molecule has 0 amide bonds. The second-order valence-electron chi connectivity index (χ2n) is 5.40. The van der Waals surface area contributed by atoms with E-state index >= 15 is 0 Å². The van der Waals surface area contributed by atoms with Gasteiger partial charge in [0, 0.05) is 18.8 Å². The summed E-state index contributed by atoms with van der Waals surface area (Å²) in [6.45, 7) is 0.320. The third kappa shape index (κ3) is 3.12. The van der Waals surface area contributed by atoms with E-state index in [-0.39, 0.29) is 0 Å². The summed E-state index contributed by atoms with van der Waals surface area (Å²) in [6.07, 6.45) is 5.06. The van der Waals surface area contributed by atoms with Gasteiger partial charge < -0.3 is 9.26 Å². The summed E-state index contributed by atoms with van der Waals surface area (Å²) < 4.78 is 12.9. The van der Waals surface area contributed by atoms with Gasteiger partial charge in [0.05, 0.1) is 23.7 Å². The number of aryl methyl sites for hydroxylation is 1. The number of hydrogen-bond donors (Lipinski definition) is 0. The summed E-state index contributed by atoms with van der Waals surface area (Å²) in [6, 6.07) is 13.4. The van der Waals surface area contributed by atoms with Crippen LogP contribution in [0.4, 0.5) is 0 Å². The molecule has 0 aliphatic heterocycles. The molecule has 3 aromatic heterocycles. The van der Waals surface area contributed by atoms with Gasteiger partial charge in [0.25, 0.3) is 5.89 Å². The topological polar surface area (TPSA) is 78.9 Å². The van der Waals surface area contributed by atoms with Crippen molar-refractivity contribution in [3.63, 3.8) is 0 Å². The number of benzene rings is 1. The van der Waals surface area contributed by atoms with Crippen molar-refractivity contribution < 1.29 is 9.26 Å². The lowest BCUT2D eigenvalue weighted by atomic mass is 10.2. The summed E-state index contributed by atoms with van der Waals surface area (Å²) >= 11 is 0. The van der Waals surface area contributed by atoms with E-state index in [9.17, 15) is 0 Å². The van der Waals surface area contributed by atoms with Gasteiger partial charge in [0.15, 0.2) is 0 Å². The van der Waals surface area contributed by atoms with Crippen LogP contribution in [0, 0.1) is 0 Å². The highest BCUT2D eigenvalue weighted by atomic mass is 16.5. The number of nitrogens with zero attached hydrogens (tertiary/aromatic N) is 5. The molecular weight excluding hydrogens is 318 g/mol. The van der Waals surface area contributed by atoms with Crippen LogP contribution < -0.4 is 4.74 Å². The zero-order chi connectivity index (χ0) is 17.1. The molecule has 7 heteroatoms. The Morgan fingerprint density at radius 3 is 2.76 bits per heavy atom. The Labute approximate surface area is 143 Å². The maximum absolute atomic E-state index is 5.77. The smallest absolute Gasteiger partial charge is 0.261 e. The Hall–Kier alpha value is -3.48. The lowest BCUT2D eigenvalue weighted by molar-refractivity contribution is 0.293. The molecule has 0 unspecified atom stereocenters. The molecule has 7 nitrogen and oxygen atoms in total. The molecule has 0 aliphatic carbocycles. The van der Waals surface area contributed by atoms with Gasteiger partial charge in [0.2, 0.25) is 5.82 Å². The van der Waals surface area contributed by atoms with Crippen LogP contribution in [0.5, 0.6) is 5.75 Å². The van der Waals surface area contributed by atoms with Gasteiger partial charge in [-0.2, -0.15) is 10.1 Å². The molecule has 1 aromatic carbocycles. The van der Waals surface area contributed by atoms with Crippen molar-refractivity contribution in [2.75, 3.05) is 0 Å². The summed E-state index contributed by atoms with van der Waals surface area (Å²) in [7, 11) is 1.85. The van der Waals surface area contributed by atoms with Gasteiger partial charge in [0.1, 0.15) is 12.4 Å². The molecule has 0 saturated heterocycles. The van der Waals surface area contributed by atoms with E-state index in [1.165, 1.54) is 0 Å². The summed E-state index contributed by atoms with van der Waals surface area (Å²) in [4.78, 5) is 8.52. The van der Waals surface area contributed by atoms with Crippen molar-refractivity contribution in [1.82, 2.24) is 24.9 Å². The van der Waals surface area contributed by atoms with Crippen molar-refractivity contribution in [2.45, 2.75) is 6.61 Å². The molecule has 0 N–H and O–H groups in total. The van der Waals surface area contributed by atoms with Crippen LogP contribution in [0.15, 0.2) is 65.6 Å². The fraction of sp³-hybridized carbons (Fsp3) is 0.111. The molecule has 0 radical (unpaired) electrons. The van der Waals surface area contributed by atoms with Crippen molar-refractivity contribution in [3.8, 4) is 28.6 Å². The number of rotatable bonds is 5. The third-order valence-electron chi connectivity index (χ3n) is 3.76. The molecule has 3 heterocycles. The normalized spacial score (nSPS) is 10.8. The van der Waals surface area contributed by atoms with Gasteiger partial charge in [-0.15, -0.1) is 0 Å². The molecule has 25 heavy (non-hydrogen) atoms. The van der Waals surface area contributed by atoms with Crippen LogP contribution in [0.3, 0.4) is 0 Å². The first-order valence-corrected chi connectivity index (χ1v) is 7.74. The Balaban J connectivity index is 1.60. The molecule has 124 valence electrons. The minimum atomic E-state index is 0.320. The zero-order valence-electron chi connectivity index (χ0n) is 13.5. The zero-order valence-corrected chi connectivity index (χ0v) is 13.5. The largest absolute Gasteiger partial charge is 0.486 e. The molecular formula is C18H15N5O2. The highest BCUT2D eigenvalue weighted by molar-refractivity contribution is 5.60. The van der Waals surface area contributed by atoms with E-state index in [2.05, 4.69) is 20.2 Å². The lowest BCUT2D eigenvalue weighted by Crippen LogP contribution is -2.04. The van der Waals surface area contributed by atoms with Crippen LogP contribution >= 0.6 is 0 Å². The molecule has 0 spiro atoms. The summed E-state index contributed by atoms with van der Waals surface area (Å²) in [5.74, 6) is 1.64. The predicted octanol–water partition coefficient (Wildman–Crippen LogP) is 3.11. The quantitative estimate of drug-likeness (QED) is 0.558. The molecule has 4 aromatic rings. The summed E-state index contributed by atoms with van der Waals surface area (Å²) in [5, 5.41) is 8.34. The maximum Gasteiger partial charge on any atom is 0.261 e. The van der Waals surface area contributed by atoms with E-state index in [1.54, 1.807) is 23.3 Å². The second kappa shape index (κ2) is 6.56. The van der Waals surface area contributed by atoms with Crippen molar-refractivity contribution in [3.05, 3.63) is 66.7 Å². The molecule has 0 saturated carbocycles. The fourth-order valence-corrected chi connectivity index (χ4v) is 2.43. The lowest BCUT2D eigenvalue weighted by Gasteiger charge is -2.07. The van der Waals surface area contributed by atoms with Crippen LogP contribution in [0.2, 0.25) is 0 Å². The first kappa shape index (κ1) is 15.1. The van der Waals surface area contributed by atoms with Crippen LogP contribution in [0.1, 0.15) is 5.69 Å². The van der Waals surface area contributed by atoms with Gasteiger partial charge in [-0.3, -0.25) is 9.67 Å². The van der Waals surface area contributed by atoms with E-state index in [0.717, 1.165) is 16.8 Å². The third-order valence-corrected chi connectivity index (χ3v) is 3.76. The number of hydrogen-bond acceptors (Lipinski definition) is 6. The second-order valence-corrected chi connectivity index (χ2v) is 5.40. The minimum absolute atomic E-state index is 0.320.